The van der Waals surface area contributed by atoms with Crippen LogP contribution in [0.2, 0.25) is 0 Å². The summed E-state index contributed by atoms with van der Waals surface area (Å²) in [5.41, 5.74) is 0. The molecular weight excluding hydrogens is 182 g/mol. The van der Waals surface area contributed by atoms with Crippen LogP contribution in [0.5, 0.6) is 0 Å². The van der Waals surface area contributed by atoms with Gasteiger partial charge in [-0.1, -0.05) is 6.42 Å². The first-order valence-corrected chi connectivity index (χ1v) is 5.20. The molecule has 4 heteroatoms. The first kappa shape index (κ1) is 11.0. The van der Waals surface area contributed by atoms with Crippen molar-refractivity contribution in [1.82, 2.24) is 4.90 Å². The third-order valence-electron chi connectivity index (χ3n) is 2.49. The summed E-state index contributed by atoms with van der Waals surface area (Å²) in [6.45, 7) is 1.41. The number of likely N-dealkylation sites (tertiary alicyclic amines) is 1. The maximum absolute atomic E-state index is 11.5. The molecule has 1 fully saturated rings. The highest BCUT2D eigenvalue weighted by atomic mass is 16.4. The second-order valence-corrected chi connectivity index (χ2v) is 3.69. The fourth-order valence-corrected chi connectivity index (χ4v) is 1.70. The molecule has 4 nitrogen and oxygen atoms in total. The number of amides is 1. The minimum absolute atomic E-state index is 0.157. The monoisotopic (exact) mass is 199 g/mol. The van der Waals surface area contributed by atoms with Crippen LogP contribution in [0.1, 0.15) is 38.5 Å². The number of rotatable bonds is 4. The van der Waals surface area contributed by atoms with E-state index < -0.39 is 5.97 Å². The van der Waals surface area contributed by atoms with Crippen molar-refractivity contribution in [2.75, 3.05) is 13.1 Å². The average molecular weight is 199 g/mol. The topological polar surface area (TPSA) is 57.6 Å². The van der Waals surface area contributed by atoms with Crippen LogP contribution >= 0.6 is 0 Å². The lowest BCUT2D eigenvalue weighted by molar-refractivity contribution is -0.138. The minimum atomic E-state index is -0.785. The van der Waals surface area contributed by atoms with Gasteiger partial charge in [-0.15, -0.1) is 0 Å². The predicted octanol–water partition coefficient (Wildman–Crippen LogP) is 1.25. The highest BCUT2D eigenvalue weighted by Gasteiger charge is 2.15. The summed E-state index contributed by atoms with van der Waals surface area (Å²) in [7, 11) is 0. The van der Waals surface area contributed by atoms with E-state index >= 15 is 0 Å². The number of hydrogen-bond acceptors (Lipinski definition) is 2. The van der Waals surface area contributed by atoms with Gasteiger partial charge in [-0.05, 0) is 19.3 Å². The Morgan fingerprint density at radius 2 is 2.14 bits per heavy atom. The van der Waals surface area contributed by atoms with Gasteiger partial charge in [-0.2, -0.15) is 0 Å². The maximum atomic E-state index is 11.5. The summed E-state index contributed by atoms with van der Waals surface area (Å²) in [4.78, 5) is 23.6. The molecule has 0 aliphatic carbocycles. The fraction of sp³-hybridized carbons (Fsp3) is 0.800. The summed E-state index contributed by atoms with van der Waals surface area (Å²) >= 11 is 0. The molecule has 1 rings (SSSR count). The van der Waals surface area contributed by atoms with Gasteiger partial charge in [-0.25, -0.2) is 0 Å². The third kappa shape index (κ3) is 3.77. The van der Waals surface area contributed by atoms with E-state index in [4.69, 9.17) is 5.11 Å². The smallest absolute Gasteiger partial charge is 0.303 e. The van der Waals surface area contributed by atoms with Crippen LogP contribution in [0.25, 0.3) is 0 Å². The van der Waals surface area contributed by atoms with Crippen LogP contribution in [-0.2, 0) is 9.59 Å². The van der Waals surface area contributed by atoms with Crippen molar-refractivity contribution in [3.05, 3.63) is 0 Å². The SMILES string of the molecule is O=C(O)CCCN1CCCCCC1=O. The van der Waals surface area contributed by atoms with E-state index in [0.717, 1.165) is 25.8 Å². The van der Waals surface area contributed by atoms with E-state index in [2.05, 4.69) is 0 Å². The Morgan fingerprint density at radius 3 is 2.86 bits per heavy atom. The molecule has 1 N–H and O–H groups in total. The normalized spacial score (nSPS) is 18.0. The van der Waals surface area contributed by atoms with Gasteiger partial charge in [0.2, 0.25) is 5.91 Å². The zero-order valence-electron chi connectivity index (χ0n) is 8.37. The Labute approximate surface area is 83.9 Å². The van der Waals surface area contributed by atoms with E-state index in [9.17, 15) is 9.59 Å². The first-order valence-electron chi connectivity index (χ1n) is 5.20. The predicted molar refractivity (Wildman–Crippen MR) is 51.9 cm³/mol. The van der Waals surface area contributed by atoms with Crippen molar-refractivity contribution in [2.24, 2.45) is 0 Å². The maximum Gasteiger partial charge on any atom is 0.303 e. The van der Waals surface area contributed by atoms with Gasteiger partial charge in [0.15, 0.2) is 0 Å². The number of aliphatic carboxylic acids is 1. The van der Waals surface area contributed by atoms with Gasteiger partial charge in [0.1, 0.15) is 0 Å². The summed E-state index contributed by atoms with van der Waals surface area (Å²) < 4.78 is 0. The van der Waals surface area contributed by atoms with Crippen LogP contribution in [0.3, 0.4) is 0 Å². The van der Waals surface area contributed by atoms with E-state index in [1.807, 2.05) is 0 Å². The number of hydrogen-bond donors (Lipinski definition) is 1. The molecular formula is C10H17NO3. The van der Waals surface area contributed by atoms with E-state index in [-0.39, 0.29) is 12.3 Å². The first-order chi connectivity index (χ1) is 6.70. The Morgan fingerprint density at radius 1 is 1.36 bits per heavy atom. The number of carbonyl (C=O) groups excluding carboxylic acids is 1. The van der Waals surface area contributed by atoms with Crippen LogP contribution < -0.4 is 0 Å². The summed E-state index contributed by atoms with van der Waals surface area (Å²) in [5.74, 6) is -0.597. The highest BCUT2D eigenvalue weighted by Crippen LogP contribution is 2.11. The molecule has 0 radical (unpaired) electrons. The number of carbonyl (C=O) groups is 2. The molecule has 1 amide bonds. The second kappa shape index (κ2) is 5.62. The van der Waals surface area contributed by atoms with Gasteiger partial charge < -0.3 is 10.0 Å². The number of nitrogens with zero attached hydrogens (tertiary/aromatic N) is 1. The molecule has 1 aliphatic rings. The Bertz CT molecular complexity index is 215. The Balaban J connectivity index is 2.26. The standard InChI is InChI=1S/C10H17NO3/c12-9-5-2-1-3-7-11(9)8-4-6-10(13)14/h1-8H2,(H,13,14). The molecule has 0 saturated carbocycles. The molecule has 0 aromatic heterocycles. The van der Waals surface area contributed by atoms with Gasteiger partial charge in [-0.3, -0.25) is 9.59 Å². The van der Waals surface area contributed by atoms with Gasteiger partial charge >= 0.3 is 5.97 Å². The second-order valence-electron chi connectivity index (χ2n) is 3.69. The number of carboxylic acid groups (broad SMARTS) is 1. The van der Waals surface area contributed by atoms with Gasteiger partial charge in [0.05, 0.1) is 0 Å². The zero-order valence-corrected chi connectivity index (χ0v) is 8.37. The molecule has 1 heterocycles. The van der Waals surface area contributed by atoms with Crippen LogP contribution in [-0.4, -0.2) is 35.0 Å². The summed E-state index contributed by atoms with van der Waals surface area (Å²) in [6, 6.07) is 0. The van der Waals surface area contributed by atoms with Gasteiger partial charge in [0.25, 0.3) is 0 Å². The molecule has 0 aromatic rings. The highest BCUT2D eigenvalue weighted by molar-refractivity contribution is 5.76. The quantitative estimate of drug-likeness (QED) is 0.741. The average Bonchev–Trinajstić information content (AvgIpc) is 2.31. The fourth-order valence-electron chi connectivity index (χ4n) is 1.70. The summed E-state index contributed by atoms with van der Waals surface area (Å²) in [5, 5.41) is 8.46. The van der Waals surface area contributed by atoms with E-state index in [0.29, 0.717) is 19.4 Å². The van der Waals surface area contributed by atoms with Crippen LogP contribution in [0, 0.1) is 0 Å². The van der Waals surface area contributed by atoms with Crippen molar-refractivity contribution in [2.45, 2.75) is 38.5 Å². The molecule has 80 valence electrons. The van der Waals surface area contributed by atoms with E-state index in [1.165, 1.54) is 0 Å². The summed E-state index contributed by atoms with van der Waals surface area (Å²) in [6.07, 6.45) is 4.51. The lowest BCUT2D eigenvalue weighted by Crippen LogP contribution is -2.31. The van der Waals surface area contributed by atoms with Gasteiger partial charge in [0, 0.05) is 25.9 Å². The number of carboxylic acids is 1. The lowest BCUT2D eigenvalue weighted by atomic mass is 10.2. The molecule has 0 bridgehead atoms. The molecule has 1 saturated heterocycles. The zero-order chi connectivity index (χ0) is 10.4. The van der Waals surface area contributed by atoms with Crippen LogP contribution in [0.15, 0.2) is 0 Å². The van der Waals surface area contributed by atoms with Crippen molar-refractivity contribution in [3.8, 4) is 0 Å². The Kier molecular flexibility index (Phi) is 4.43. The van der Waals surface area contributed by atoms with Crippen molar-refractivity contribution in [3.63, 3.8) is 0 Å². The van der Waals surface area contributed by atoms with Crippen LogP contribution in [0.4, 0.5) is 0 Å². The van der Waals surface area contributed by atoms with Crippen molar-refractivity contribution < 1.29 is 14.7 Å². The van der Waals surface area contributed by atoms with E-state index in [1.54, 1.807) is 4.90 Å². The molecule has 0 unspecified atom stereocenters. The molecule has 0 aromatic carbocycles. The lowest BCUT2D eigenvalue weighted by Gasteiger charge is -2.19. The molecule has 0 atom stereocenters. The largest absolute Gasteiger partial charge is 0.481 e. The minimum Gasteiger partial charge on any atom is -0.481 e. The molecule has 1 aliphatic heterocycles. The molecule has 14 heavy (non-hydrogen) atoms. The van der Waals surface area contributed by atoms with Crippen molar-refractivity contribution in [1.29, 1.82) is 0 Å². The molecule has 0 spiro atoms. The third-order valence-corrected chi connectivity index (χ3v) is 2.49. The van der Waals surface area contributed by atoms with Crippen molar-refractivity contribution >= 4 is 11.9 Å². The Hall–Kier alpha value is -1.06.